The molecule has 4 nitrogen and oxygen atoms in total. The third kappa shape index (κ3) is 1.42. The van der Waals surface area contributed by atoms with Crippen molar-refractivity contribution in [3.8, 4) is 0 Å². The van der Waals surface area contributed by atoms with Crippen molar-refractivity contribution in [1.29, 1.82) is 0 Å². The predicted molar refractivity (Wildman–Crippen MR) is 48.3 cm³/mol. The second kappa shape index (κ2) is 2.97. The molecule has 2 aromatic rings. The minimum Gasteiger partial charge on any atom is -0.300 e. The summed E-state index contributed by atoms with van der Waals surface area (Å²) in [6.45, 7) is 1.56. The summed E-state index contributed by atoms with van der Waals surface area (Å²) in [7, 11) is 0. The molecule has 66 valence electrons. The zero-order valence-corrected chi connectivity index (χ0v) is 7.24. The van der Waals surface area contributed by atoms with Gasteiger partial charge in [-0.05, 0) is 13.0 Å². The van der Waals surface area contributed by atoms with E-state index in [4.69, 9.17) is 0 Å². The number of aromatic amines is 1. The second-order valence-corrected chi connectivity index (χ2v) is 2.97. The molecule has 0 fully saturated rings. The van der Waals surface area contributed by atoms with Crippen LogP contribution in [0.15, 0.2) is 18.5 Å². The van der Waals surface area contributed by atoms with E-state index < -0.39 is 0 Å². The normalized spacial score (nSPS) is 10.5. The molecule has 0 aliphatic rings. The van der Waals surface area contributed by atoms with Crippen LogP contribution in [0.5, 0.6) is 0 Å². The smallest absolute Gasteiger partial charge is 0.135 e. The number of hydrogen-bond acceptors (Lipinski definition) is 3. The van der Waals surface area contributed by atoms with Crippen LogP contribution in [0.25, 0.3) is 10.9 Å². The van der Waals surface area contributed by atoms with Gasteiger partial charge >= 0.3 is 0 Å². The summed E-state index contributed by atoms with van der Waals surface area (Å²) in [5.74, 6) is 0.120. The van der Waals surface area contributed by atoms with Crippen LogP contribution in [0.3, 0.4) is 0 Å². The van der Waals surface area contributed by atoms with Crippen LogP contribution in [-0.4, -0.2) is 21.0 Å². The predicted octanol–water partition coefficient (Wildman–Crippen LogP) is 1.09. The molecule has 4 heteroatoms. The van der Waals surface area contributed by atoms with E-state index in [2.05, 4.69) is 15.2 Å². The van der Waals surface area contributed by atoms with Crippen molar-refractivity contribution in [3.05, 3.63) is 24.2 Å². The van der Waals surface area contributed by atoms with E-state index in [0.29, 0.717) is 6.42 Å². The fraction of sp³-hybridized carbons (Fsp3) is 0.222. The van der Waals surface area contributed by atoms with Gasteiger partial charge in [0.2, 0.25) is 0 Å². The van der Waals surface area contributed by atoms with Crippen LogP contribution in [0.4, 0.5) is 0 Å². The van der Waals surface area contributed by atoms with Gasteiger partial charge in [-0.1, -0.05) is 0 Å². The van der Waals surface area contributed by atoms with Crippen LogP contribution in [0.1, 0.15) is 12.6 Å². The number of carbonyl (C=O) groups excluding carboxylic acids is 1. The Morgan fingerprint density at radius 2 is 2.46 bits per heavy atom. The lowest BCUT2D eigenvalue weighted by molar-refractivity contribution is -0.116. The summed E-state index contributed by atoms with van der Waals surface area (Å²) in [5, 5.41) is 7.82. The molecule has 2 aromatic heterocycles. The largest absolute Gasteiger partial charge is 0.300 e. The summed E-state index contributed by atoms with van der Waals surface area (Å²) in [4.78, 5) is 14.9. The maximum atomic E-state index is 10.9. The Balaban J connectivity index is 2.51. The van der Waals surface area contributed by atoms with E-state index in [1.807, 2.05) is 6.07 Å². The molecule has 0 radical (unpaired) electrons. The number of nitrogens with one attached hydrogen (secondary N) is 1. The van der Waals surface area contributed by atoms with E-state index in [1.165, 1.54) is 0 Å². The maximum absolute atomic E-state index is 10.9. The fourth-order valence-electron chi connectivity index (χ4n) is 1.29. The number of H-pyrrole nitrogens is 1. The van der Waals surface area contributed by atoms with Gasteiger partial charge in [0.05, 0.1) is 11.2 Å². The van der Waals surface area contributed by atoms with Crippen LogP contribution < -0.4 is 0 Å². The van der Waals surface area contributed by atoms with Crippen molar-refractivity contribution in [2.24, 2.45) is 0 Å². The molecular weight excluding hydrogens is 166 g/mol. The third-order valence-corrected chi connectivity index (χ3v) is 1.86. The van der Waals surface area contributed by atoms with Gasteiger partial charge in [-0.2, -0.15) is 5.10 Å². The Morgan fingerprint density at radius 3 is 3.23 bits per heavy atom. The first-order valence-corrected chi connectivity index (χ1v) is 4.04. The number of carbonyl (C=O) groups is 1. The first-order valence-electron chi connectivity index (χ1n) is 4.04. The van der Waals surface area contributed by atoms with Crippen molar-refractivity contribution in [2.45, 2.75) is 13.3 Å². The molecule has 0 saturated carbocycles. The molecule has 13 heavy (non-hydrogen) atoms. The minimum atomic E-state index is 0.120. The molecule has 0 amide bonds. The Bertz CT molecular complexity index is 447. The molecule has 0 spiro atoms. The molecular formula is C9H9N3O. The van der Waals surface area contributed by atoms with Crippen LogP contribution in [0.2, 0.25) is 0 Å². The van der Waals surface area contributed by atoms with Crippen molar-refractivity contribution in [1.82, 2.24) is 15.2 Å². The van der Waals surface area contributed by atoms with Crippen molar-refractivity contribution in [3.63, 3.8) is 0 Å². The Hall–Kier alpha value is -1.71. The topological polar surface area (TPSA) is 58.6 Å². The maximum Gasteiger partial charge on any atom is 0.135 e. The minimum absolute atomic E-state index is 0.120. The highest BCUT2D eigenvalue weighted by atomic mass is 16.1. The Kier molecular flexibility index (Phi) is 1.81. The summed E-state index contributed by atoms with van der Waals surface area (Å²) in [5.41, 5.74) is 1.70. The van der Waals surface area contributed by atoms with Crippen molar-refractivity contribution < 1.29 is 4.79 Å². The monoisotopic (exact) mass is 175 g/mol. The molecule has 0 aliphatic heterocycles. The van der Waals surface area contributed by atoms with Gasteiger partial charge in [-0.15, -0.1) is 0 Å². The number of nitrogens with zero attached hydrogens (tertiary/aromatic N) is 2. The molecule has 0 saturated heterocycles. The number of Topliss-reactive ketones (excluding diaryl/α,β-unsaturated/α-hetero) is 1. The third-order valence-electron chi connectivity index (χ3n) is 1.86. The summed E-state index contributed by atoms with van der Waals surface area (Å²) >= 11 is 0. The number of hydrogen-bond donors (Lipinski definition) is 1. The van der Waals surface area contributed by atoms with E-state index in [1.54, 1.807) is 19.3 Å². The Morgan fingerprint density at radius 1 is 1.62 bits per heavy atom. The van der Waals surface area contributed by atoms with Crippen molar-refractivity contribution in [2.75, 3.05) is 0 Å². The first-order chi connectivity index (χ1) is 6.27. The van der Waals surface area contributed by atoms with E-state index in [9.17, 15) is 4.79 Å². The van der Waals surface area contributed by atoms with Gasteiger partial charge in [-0.25, -0.2) is 0 Å². The quantitative estimate of drug-likeness (QED) is 0.743. The zero-order valence-electron chi connectivity index (χ0n) is 7.24. The van der Waals surface area contributed by atoms with Crippen LogP contribution in [-0.2, 0) is 11.2 Å². The van der Waals surface area contributed by atoms with Crippen molar-refractivity contribution >= 4 is 16.7 Å². The number of pyridine rings is 1. The van der Waals surface area contributed by atoms with Gasteiger partial charge in [0.15, 0.2) is 0 Å². The van der Waals surface area contributed by atoms with Gasteiger partial charge < -0.3 is 0 Å². The van der Waals surface area contributed by atoms with E-state index in [-0.39, 0.29) is 5.78 Å². The molecule has 2 rings (SSSR count). The summed E-state index contributed by atoms with van der Waals surface area (Å²) in [6, 6.07) is 1.81. The standard InChI is InChI=1S/C9H9N3O/c1-6(13)4-9-7-5-10-3-2-8(7)11-12-9/h2-3,5H,4H2,1H3,(H,11,12). The fourth-order valence-corrected chi connectivity index (χ4v) is 1.29. The highest BCUT2D eigenvalue weighted by molar-refractivity contribution is 5.86. The molecule has 1 N–H and O–H groups in total. The molecule has 0 bridgehead atoms. The molecule has 0 atom stereocenters. The Labute approximate surface area is 75.0 Å². The highest BCUT2D eigenvalue weighted by Crippen LogP contribution is 2.13. The van der Waals surface area contributed by atoms with E-state index >= 15 is 0 Å². The number of fused-ring (bicyclic) bond motifs is 1. The average Bonchev–Trinajstić information content (AvgIpc) is 2.48. The number of aromatic nitrogens is 3. The van der Waals surface area contributed by atoms with E-state index in [0.717, 1.165) is 16.6 Å². The van der Waals surface area contributed by atoms with Gasteiger partial charge in [0.25, 0.3) is 0 Å². The molecule has 2 heterocycles. The van der Waals surface area contributed by atoms with Gasteiger partial charge in [0.1, 0.15) is 5.78 Å². The zero-order chi connectivity index (χ0) is 9.26. The molecule has 0 unspecified atom stereocenters. The molecule has 0 aliphatic carbocycles. The highest BCUT2D eigenvalue weighted by Gasteiger charge is 2.06. The average molecular weight is 175 g/mol. The number of ketones is 1. The molecule has 0 aromatic carbocycles. The number of rotatable bonds is 2. The first kappa shape index (κ1) is 7.91. The van der Waals surface area contributed by atoms with Gasteiger partial charge in [-0.3, -0.25) is 14.9 Å². The SMILES string of the molecule is CC(=O)Cc1[nH]nc2ccncc12. The lowest BCUT2D eigenvalue weighted by Crippen LogP contribution is -1.96. The van der Waals surface area contributed by atoms with Gasteiger partial charge in [0, 0.05) is 24.2 Å². The summed E-state index contributed by atoms with van der Waals surface area (Å²) in [6.07, 6.45) is 3.79. The summed E-state index contributed by atoms with van der Waals surface area (Å²) < 4.78 is 0. The lowest BCUT2D eigenvalue weighted by Gasteiger charge is -1.91. The second-order valence-electron chi connectivity index (χ2n) is 2.97. The lowest BCUT2D eigenvalue weighted by atomic mass is 10.2. The van der Waals surface area contributed by atoms with Crippen LogP contribution in [0, 0.1) is 0 Å². The van der Waals surface area contributed by atoms with Crippen LogP contribution >= 0.6 is 0 Å².